The number of hydrogen-bond acceptors (Lipinski definition) is 3. The van der Waals surface area contributed by atoms with Crippen molar-refractivity contribution in [2.75, 3.05) is 5.75 Å². The predicted molar refractivity (Wildman–Crippen MR) is 42.5 cm³/mol. The van der Waals surface area contributed by atoms with Gasteiger partial charge >= 0.3 is 39.7 Å². The zero-order chi connectivity index (χ0) is 7.33. The summed E-state index contributed by atoms with van der Waals surface area (Å²) in [7, 11) is -3.30. The van der Waals surface area contributed by atoms with E-state index in [4.69, 9.17) is 0 Å². The second-order valence-corrected chi connectivity index (χ2v) is 3.24. The van der Waals surface area contributed by atoms with E-state index >= 15 is 0 Å². The third-order valence-corrected chi connectivity index (χ3v) is 2.01. The molecule has 0 atom stereocenters. The fraction of sp³-hybridized carbons (Fsp3) is 0.600. The number of hydrogen-bond donors (Lipinski definition) is 0. The summed E-state index contributed by atoms with van der Waals surface area (Å²) in [5.74, 6) is 0.0546. The second-order valence-electron chi connectivity index (χ2n) is 1.52. The molecule has 0 heterocycles. The van der Waals surface area contributed by atoms with Crippen molar-refractivity contribution in [3.8, 4) is 0 Å². The van der Waals surface area contributed by atoms with Gasteiger partial charge in [-0.3, -0.25) is 0 Å². The first kappa shape index (κ1) is 13.1. The van der Waals surface area contributed by atoms with Crippen LogP contribution >= 0.6 is 0 Å². The molecule has 0 N–H and O–H groups in total. The summed E-state index contributed by atoms with van der Waals surface area (Å²) in [6.07, 6.45) is 1.49. The molecule has 0 rings (SSSR count). The van der Waals surface area contributed by atoms with Crippen molar-refractivity contribution in [2.24, 2.45) is 0 Å². The minimum absolute atomic E-state index is 0. The fourth-order valence-corrected chi connectivity index (χ4v) is 1.21. The maximum atomic E-state index is 10.5. The van der Waals surface area contributed by atoms with Gasteiger partial charge in [0.05, 0.1) is 12.0 Å². The summed E-state index contributed by atoms with van der Waals surface area (Å²) in [4.78, 5) is 0. The molecule has 0 bridgehead atoms. The first-order chi connectivity index (χ1) is 4.12. The Morgan fingerprint density at radius 1 is 1.60 bits per heavy atom. The first-order valence-electron chi connectivity index (χ1n) is 2.64. The van der Waals surface area contributed by atoms with Crippen LogP contribution in [-0.4, -0.2) is 43.7 Å². The van der Waals surface area contributed by atoms with Gasteiger partial charge in [-0.05, 0) is 6.42 Å². The minimum atomic E-state index is -3.30. The van der Waals surface area contributed by atoms with Crippen molar-refractivity contribution in [3.05, 3.63) is 12.8 Å². The van der Waals surface area contributed by atoms with Gasteiger partial charge in [0.2, 0.25) is 0 Å². The van der Waals surface area contributed by atoms with E-state index < -0.39 is 10.1 Å². The van der Waals surface area contributed by atoms with E-state index in [0.717, 1.165) is 6.26 Å². The Bertz CT molecular complexity index is 173. The van der Waals surface area contributed by atoms with E-state index in [1.54, 1.807) is 6.92 Å². The molecule has 0 aromatic rings. The SMILES string of the molecule is C=COS(=O)(=O)CCC.[NaH]. The molecule has 3 nitrogen and oxygen atoms in total. The normalized spacial score (nSPS) is 9.70. The molecule has 0 aliphatic rings. The van der Waals surface area contributed by atoms with E-state index in [1.165, 1.54) is 0 Å². The van der Waals surface area contributed by atoms with Gasteiger partial charge in [0.15, 0.2) is 0 Å². The van der Waals surface area contributed by atoms with Gasteiger partial charge in [-0.1, -0.05) is 13.5 Å². The molecule has 0 aromatic heterocycles. The molecule has 0 aliphatic heterocycles. The topological polar surface area (TPSA) is 43.4 Å². The Morgan fingerprint density at radius 3 is 2.40 bits per heavy atom. The summed E-state index contributed by atoms with van der Waals surface area (Å²) in [6.45, 7) is 4.89. The van der Waals surface area contributed by atoms with Crippen LogP contribution in [0, 0.1) is 0 Å². The van der Waals surface area contributed by atoms with E-state index in [1.807, 2.05) is 0 Å². The molecular weight excluding hydrogens is 163 g/mol. The third kappa shape index (κ3) is 6.61. The third-order valence-electron chi connectivity index (χ3n) is 0.669. The molecule has 5 heteroatoms. The number of rotatable bonds is 4. The van der Waals surface area contributed by atoms with Crippen LogP contribution in [0.2, 0.25) is 0 Å². The van der Waals surface area contributed by atoms with Gasteiger partial charge in [0.1, 0.15) is 0 Å². The van der Waals surface area contributed by atoms with E-state index in [2.05, 4.69) is 10.8 Å². The molecule has 0 aliphatic carbocycles. The molecule has 0 aromatic carbocycles. The zero-order valence-electron chi connectivity index (χ0n) is 5.33. The predicted octanol–water partition coefficient (Wildman–Crippen LogP) is 0.238. The maximum absolute atomic E-state index is 10.5. The Morgan fingerprint density at radius 2 is 2.10 bits per heavy atom. The van der Waals surface area contributed by atoms with Crippen molar-refractivity contribution in [1.29, 1.82) is 0 Å². The molecule has 0 saturated carbocycles. The fourth-order valence-electron chi connectivity index (χ4n) is 0.402. The Kier molecular flexibility index (Phi) is 8.15. The first-order valence-corrected chi connectivity index (χ1v) is 4.22. The summed E-state index contributed by atoms with van der Waals surface area (Å²) in [5.41, 5.74) is 0. The van der Waals surface area contributed by atoms with Gasteiger partial charge < -0.3 is 4.18 Å². The Balaban J connectivity index is 0. The molecule has 0 unspecified atom stereocenters. The zero-order valence-corrected chi connectivity index (χ0v) is 6.15. The van der Waals surface area contributed by atoms with Crippen LogP contribution in [0.3, 0.4) is 0 Å². The molecule has 0 amide bonds. The van der Waals surface area contributed by atoms with Crippen molar-refractivity contribution in [2.45, 2.75) is 13.3 Å². The summed E-state index contributed by atoms with van der Waals surface area (Å²) >= 11 is 0. The van der Waals surface area contributed by atoms with E-state index in [9.17, 15) is 8.42 Å². The standard InChI is InChI=1S/C5H10O3S.Na.H/c1-3-5-9(6,7)8-4-2;;/h4H,2-3,5H2,1H3;;. The molecule has 0 radical (unpaired) electrons. The van der Waals surface area contributed by atoms with Crippen molar-refractivity contribution in [1.82, 2.24) is 0 Å². The Hall–Kier alpha value is 0.490. The van der Waals surface area contributed by atoms with Crippen LogP contribution < -0.4 is 0 Å². The van der Waals surface area contributed by atoms with Gasteiger partial charge in [-0.25, -0.2) is 0 Å². The molecule has 0 saturated heterocycles. The van der Waals surface area contributed by atoms with Gasteiger partial charge in [-0.2, -0.15) is 8.42 Å². The van der Waals surface area contributed by atoms with Crippen molar-refractivity contribution >= 4 is 39.7 Å². The van der Waals surface area contributed by atoms with Crippen LogP contribution in [0.25, 0.3) is 0 Å². The van der Waals surface area contributed by atoms with Gasteiger partial charge in [0.25, 0.3) is 0 Å². The van der Waals surface area contributed by atoms with Gasteiger partial charge in [0, 0.05) is 0 Å². The summed E-state index contributed by atoms with van der Waals surface area (Å²) in [6, 6.07) is 0. The van der Waals surface area contributed by atoms with Crippen LogP contribution in [0.5, 0.6) is 0 Å². The van der Waals surface area contributed by atoms with Gasteiger partial charge in [-0.15, -0.1) is 0 Å². The molecule has 10 heavy (non-hydrogen) atoms. The molecule has 0 spiro atoms. The van der Waals surface area contributed by atoms with E-state index in [0.29, 0.717) is 6.42 Å². The average Bonchev–Trinajstić information content (AvgIpc) is 1.64. The summed E-state index contributed by atoms with van der Waals surface area (Å²) < 4.78 is 25.3. The van der Waals surface area contributed by atoms with Crippen LogP contribution in [0.4, 0.5) is 0 Å². The Labute approximate surface area is 83.9 Å². The van der Waals surface area contributed by atoms with Crippen LogP contribution in [0.1, 0.15) is 13.3 Å². The van der Waals surface area contributed by atoms with Crippen LogP contribution in [-0.2, 0) is 14.3 Å². The molecule has 0 fully saturated rings. The van der Waals surface area contributed by atoms with Crippen LogP contribution in [0.15, 0.2) is 12.8 Å². The average molecular weight is 174 g/mol. The van der Waals surface area contributed by atoms with E-state index in [-0.39, 0.29) is 35.3 Å². The molecule has 56 valence electrons. The second kappa shape index (κ2) is 6.22. The summed E-state index contributed by atoms with van der Waals surface area (Å²) in [5, 5.41) is 0. The monoisotopic (exact) mass is 174 g/mol. The quantitative estimate of drug-likeness (QED) is 0.348. The molecular formula is C5H11NaO3S. The van der Waals surface area contributed by atoms with Crippen molar-refractivity contribution in [3.63, 3.8) is 0 Å². The van der Waals surface area contributed by atoms with Crippen molar-refractivity contribution < 1.29 is 12.6 Å².